The largest absolute Gasteiger partial charge is 0.480 e. The van der Waals surface area contributed by atoms with Gasteiger partial charge in [0.15, 0.2) is 0 Å². The fourth-order valence-corrected chi connectivity index (χ4v) is 4.03. The van der Waals surface area contributed by atoms with E-state index in [1.54, 1.807) is 6.07 Å². The van der Waals surface area contributed by atoms with E-state index < -0.39 is 12.0 Å². The molecule has 0 heterocycles. The number of hydrogen-bond donors (Lipinski definition) is 2. The predicted molar refractivity (Wildman–Crippen MR) is 139 cm³/mol. The Morgan fingerprint density at radius 2 is 1.71 bits per heavy atom. The zero-order valence-corrected chi connectivity index (χ0v) is 21.0. The normalized spacial score (nSPS) is 12.6. The number of carboxylic acid groups (broad SMARTS) is 1. The molecule has 2 unspecified atom stereocenters. The van der Waals surface area contributed by atoms with E-state index in [-0.39, 0.29) is 11.9 Å². The lowest BCUT2D eigenvalue weighted by Crippen LogP contribution is -2.40. The molecule has 5 nitrogen and oxygen atoms in total. The van der Waals surface area contributed by atoms with Crippen LogP contribution in [0, 0.1) is 13.8 Å². The lowest BCUT2D eigenvalue weighted by atomic mass is 9.98. The Hall–Kier alpha value is -3.31. The average molecular weight is 479 g/mol. The van der Waals surface area contributed by atoms with E-state index in [1.807, 2.05) is 50.2 Å². The minimum Gasteiger partial charge on any atom is -0.480 e. The van der Waals surface area contributed by atoms with Crippen LogP contribution in [-0.4, -0.2) is 35.0 Å². The molecule has 0 radical (unpaired) electrons. The molecular formula is C28H31ClN2O3. The zero-order valence-electron chi connectivity index (χ0n) is 20.2. The van der Waals surface area contributed by atoms with Crippen molar-refractivity contribution >= 4 is 29.2 Å². The molecule has 1 amide bonds. The standard InChI is InChI=1S/C28H31ClN2O3/c1-6-26(22-11-13-25(29)18(3)15-22)30-23-9-7-8-20(16-23)21-10-12-24(17(2)14-21)27(32)31(5)19(4)28(33)34/h7-16,19,26,30H,6H2,1-5H3,(H,33,34). The fourth-order valence-electron chi connectivity index (χ4n) is 3.91. The van der Waals surface area contributed by atoms with Gasteiger partial charge in [0, 0.05) is 23.3 Å². The Bertz CT molecular complexity index is 1210. The van der Waals surface area contributed by atoms with Crippen LogP contribution in [0.4, 0.5) is 5.69 Å². The number of aryl methyl sites for hydroxylation is 2. The smallest absolute Gasteiger partial charge is 0.326 e. The van der Waals surface area contributed by atoms with Crippen molar-refractivity contribution in [2.24, 2.45) is 0 Å². The first-order chi connectivity index (χ1) is 16.1. The predicted octanol–water partition coefficient (Wildman–Crippen LogP) is 6.73. The van der Waals surface area contributed by atoms with Crippen molar-refractivity contribution < 1.29 is 14.7 Å². The Kier molecular flexibility index (Phi) is 8.00. The van der Waals surface area contributed by atoms with Gasteiger partial charge in [-0.3, -0.25) is 4.79 Å². The second-order valence-corrected chi connectivity index (χ2v) is 9.06. The Balaban J connectivity index is 1.83. The quantitative estimate of drug-likeness (QED) is 0.376. The number of halogens is 1. The zero-order chi connectivity index (χ0) is 25.0. The summed E-state index contributed by atoms with van der Waals surface area (Å²) in [6.07, 6.45) is 0.920. The first-order valence-electron chi connectivity index (χ1n) is 11.4. The van der Waals surface area contributed by atoms with Crippen molar-refractivity contribution in [3.05, 3.63) is 87.9 Å². The summed E-state index contributed by atoms with van der Waals surface area (Å²) < 4.78 is 0. The minimum atomic E-state index is -1.03. The van der Waals surface area contributed by atoms with Crippen molar-refractivity contribution in [1.82, 2.24) is 4.90 Å². The van der Waals surface area contributed by atoms with Crippen LogP contribution in [0.3, 0.4) is 0 Å². The molecule has 0 spiro atoms. The van der Waals surface area contributed by atoms with Crippen LogP contribution in [0.15, 0.2) is 60.7 Å². The third kappa shape index (κ3) is 5.60. The molecule has 3 rings (SSSR count). The SMILES string of the molecule is CCC(Nc1cccc(-c2ccc(C(=O)N(C)C(C)C(=O)O)c(C)c2)c1)c1ccc(Cl)c(C)c1. The van der Waals surface area contributed by atoms with Gasteiger partial charge in [-0.05, 0) is 79.3 Å². The maximum absolute atomic E-state index is 12.8. The van der Waals surface area contributed by atoms with E-state index in [4.69, 9.17) is 11.6 Å². The van der Waals surface area contributed by atoms with Gasteiger partial charge in [0.05, 0.1) is 6.04 Å². The number of carboxylic acids is 1. The molecule has 178 valence electrons. The third-order valence-electron chi connectivity index (χ3n) is 6.24. The third-order valence-corrected chi connectivity index (χ3v) is 6.67. The number of anilines is 1. The van der Waals surface area contributed by atoms with Crippen LogP contribution in [0.25, 0.3) is 11.1 Å². The number of carbonyl (C=O) groups excluding carboxylic acids is 1. The number of nitrogens with zero attached hydrogens (tertiary/aromatic N) is 1. The van der Waals surface area contributed by atoms with E-state index in [9.17, 15) is 14.7 Å². The number of nitrogens with one attached hydrogen (secondary N) is 1. The van der Waals surface area contributed by atoms with Crippen molar-refractivity contribution in [2.45, 2.75) is 46.2 Å². The van der Waals surface area contributed by atoms with Crippen LogP contribution in [0.5, 0.6) is 0 Å². The highest BCUT2D eigenvalue weighted by Crippen LogP contribution is 2.29. The van der Waals surface area contributed by atoms with Gasteiger partial charge in [-0.2, -0.15) is 0 Å². The molecule has 0 aromatic heterocycles. The van der Waals surface area contributed by atoms with Gasteiger partial charge in [0.2, 0.25) is 0 Å². The number of rotatable bonds is 8. The van der Waals surface area contributed by atoms with Gasteiger partial charge in [-0.25, -0.2) is 4.79 Å². The van der Waals surface area contributed by atoms with E-state index in [0.29, 0.717) is 5.56 Å². The molecule has 34 heavy (non-hydrogen) atoms. The second-order valence-electron chi connectivity index (χ2n) is 8.65. The summed E-state index contributed by atoms with van der Waals surface area (Å²) in [6, 6.07) is 19.2. The van der Waals surface area contributed by atoms with Gasteiger partial charge in [0.25, 0.3) is 5.91 Å². The van der Waals surface area contributed by atoms with E-state index in [0.717, 1.165) is 39.4 Å². The first-order valence-corrected chi connectivity index (χ1v) is 11.7. The van der Waals surface area contributed by atoms with Crippen molar-refractivity contribution in [2.75, 3.05) is 12.4 Å². The molecule has 0 saturated heterocycles. The van der Waals surface area contributed by atoms with Crippen molar-refractivity contribution in [3.8, 4) is 11.1 Å². The molecule has 2 atom stereocenters. The van der Waals surface area contributed by atoms with Gasteiger partial charge in [0.1, 0.15) is 6.04 Å². The Morgan fingerprint density at radius 1 is 1.00 bits per heavy atom. The minimum absolute atomic E-state index is 0.153. The summed E-state index contributed by atoms with van der Waals surface area (Å²) in [5.74, 6) is -1.34. The molecule has 6 heteroatoms. The molecule has 0 fully saturated rings. The average Bonchev–Trinajstić information content (AvgIpc) is 2.83. The van der Waals surface area contributed by atoms with Gasteiger partial charge < -0.3 is 15.3 Å². The summed E-state index contributed by atoms with van der Waals surface area (Å²) in [7, 11) is 1.51. The monoisotopic (exact) mass is 478 g/mol. The molecule has 0 saturated carbocycles. The molecule has 0 aliphatic rings. The van der Waals surface area contributed by atoms with Gasteiger partial charge in [-0.1, -0.05) is 54.9 Å². The maximum Gasteiger partial charge on any atom is 0.326 e. The summed E-state index contributed by atoms with van der Waals surface area (Å²) >= 11 is 6.20. The first kappa shape index (κ1) is 25.3. The highest BCUT2D eigenvalue weighted by Gasteiger charge is 2.24. The summed E-state index contributed by atoms with van der Waals surface area (Å²) in [5, 5.41) is 13.6. The lowest BCUT2D eigenvalue weighted by Gasteiger charge is -2.22. The topological polar surface area (TPSA) is 69.6 Å². The number of benzene rings is 3. The van der Waals surface area contributed by atoms with E-state index in [2.05, 4.69) is 30.4 Å². The lowest BCUT2D eigenvalue weighted by molar-refractivity contribution is -0.141. The Labute approximate surface area is 206 Å². The van der Waals surface area contributed by atoms with Crippen LogP contribution < -0.4 is 5.32 Å². The molecule has 0 aliphatic carbocycles. The highest BCUT2D eigenvalue weighted by atomic mass is 35.5. The molecule has 0 bridgehead atoms. The van der Waals surface area contributed by atoms with Crippen LogP contribution >= 0.6 is 11.6 Å². The molecular weight excluding hydrogens is 448 g/mol. The van der Waals surface area contributed by atoms with Crippen molar-refractivity contribution in [1.29, 1.82) is 0 Å². The van der Waals surface area contributed by atoms with Gasteiger partial charge in [-0.15, -0.1) is 0 Å². The summed E-state index contributed by atoms with van der Waals surface area (Å²) in [4.78, 5) is 25.3. The van der Waals surface area contributed by atoms with Gasteiger partial charge >= 0.3 is 5.97 Å². The Morgan fingerprint density at radius 3 is 2.32 bits per heavy atom. The molecule has 3 aromatic rings. The van der Waals surface area contributed by atoms with E-state index in [1.165, 1.54) is 24.4 Å². The fraction of sp³-hybridized carbons (Fsp3) is 0.286. The van der Waals surface area contributed by atoms with Crippen molar-refractivity contribution in [3.63, 3.8) is 0 Å². The highest BCUT2D eigenvalue weighted by molar-refractivity contribution is 6.31. The molecule has 0 aliphatic heterocycles. The number of hydrogen-bond acceptors (Lipinski definition) is 3. The van der Waals surface area contributed by atoms with Crippen LogP contribution in [0.1, 0.15) is 53.4 Å². The number of carbonyl (C=O) groups is 2. The second kappa shape index (κ2) is 10.7. The number of aliphatic carboxylic acids is 1. The van der Waals surface area contributed by atoms with Crippen LogP contribution in [0.2, 0.25) is 5.02 Å². The number of amides is 1. The summed E-state index contributed by atoms with van der Waals surface area (Å²) in [5.41, 5.74) is 6.56. The van der Waals surface area contributed by atoms with E-state index >= 15 is 0 Å². The number of likely N-dealkylation sites (N-methyl/N-ethyl adjacent to an activating group) is 1. The summed E-state index contributed by atoms with van der Waals surface area (Å²) in [6.45, 7) is 7.52. The molecule has 3 aromatic carbocycles. The van der Waals surface area contributed by atoms with Crippen LogP contribution in [-0.2, 0) is 4.79 Å². The molecule has 2 N–H and O–H groups in total. The maximum atomic E-state index is 12.8.